The highest BCUT2D eigenvalue weighted by Gasteiger charge is 2.07. The van der Waals surface area contributed by atoms with Crippen molar-refractivity contribution in [2.45, 2.75) is 6.54 Å². The van der Waals surface area contributed by atoms with Crippen LogP contribution in [0.5, 0.6) is 0 Å². The molecular weight excluding hydrogens is 248 g/mol. The molecular formula is C17H12N2O. The fourth-order valence-electron chi connectivity index (χ4n) is 2.44. The van der Waals surface area contributed by atoms with Crippen molar-refractivity contribution in [3.05, 3.63) is 69.9 Å². The van der Waals surface area contributed by atoms with Crippen molar-refractivity contribution in [3.63, 3.8) is 0 Å². The van der Waals surface area contributed by atoms with Crippen molar-refractivity contribution in [3.8, 4) is 6.07 Å². The molecule has 3 aromatic rings. The van der Waals surface area contributed by atoms with Crippen molar-refractivity contribution in [1.29, 1.82) is 5.26 Å². The van der Waals surface area contributed by atoms with Gasteiger partial charge in [-0.05, 0) is 23.1 Å². The summed E-state index contributed by atoms with van der Waals surface area (Å²) in [6, 6.07) is 16.7. The highest BCUT2D eigenvalue weighted by Crippen LogP contribution is 2.20. The molecule has 0 bridgehead atoms. The van der Waals surface area contributed by atoms with Crippen LogP contribution in [0.4, 0.5) is 0 Å². The maximum Gasteiger partial charge on any atom is 0.194 e. The second-order valence-electron chi connectivity index (χ2n) is 4.67. The van der Waals surface area contributed by atoms with E-state index >= 15 is 0 Å². The fourth-order valence-corrected chi connectivity index (χ4v) is 2.44. The first-order chi connectivity index (χ1) is 9.74. The molecule has 0 radical (unpaired) electrons. The first-order valence-electron chi connectivity index (χ1n) is 6.33. The lowest BCUT2D eigenvalue weighted by molar-refractivity contribution is 1.08. The van der Waals surface area contributed by atoms with Crippen LogP contribution in [-0.4, -0.2) is 0 Å². The molecule has 0 aromatic heterocycles. The van der Waals surface area contributed by atoms with E-state index in [0.717, 1.165) is 10.9 Å². The SMILES string of the molecule is N#Cc1cc2ccccc2c(=O)c2cc(CN)ccc12. The third kappa shape index (κ3) is 1.83. The Morgan fingerprint density at radius 2 is 1.80 bits per heavy atom. The second kappa shape index (κ2) is 4.76. The van der Waals surface area contributed by atoms with Crippen LogP contribution in [0.15, 0.2) is 53.3 Å². The highest BCUT2D eigenvalue weighted by molar-refractivity contribution is 5.96. The van der Waals surface area contributed by atoms with Crippen molar-refractivity contribution in [1.82, 2.24) is 0 Å². The van der Waals surface area contributed by atoms with Gasteiger partial charge in [-0.3, -0.25) is 4.79 Å². The minimum atomic E-state index is -0.0626. The Kier molecular flexibility index (Phi) is 2.94. The van der Waals surface area contributed by atoms with Crippen LogP contribution >= 0.6 is 0 Å². The standard InChI is InChI=1S/C17H12N2O/c18-9-11-5-6-14-13(10-19)8-12-3-1-2-4-15(12)17(20)16(14)7-11/h1-8H,9,18H2. The smallest absolute Gasteiger partial charge is 0.194 e. The minimum absolute atomic E-state index is 0.0626. The summed E-state index contributed by atoms with van der Waals surface area (Å²) in [6.45, 7) is 0.369. The minimum Gasteiger partial charge on any atom is -0.326 e. The predicted molar refractivity (Wildman–Crippen MR) is 80.3 cm³/mol. The number of hydrogen-bond donors (Lipinski definition) is 1. The van der Waals surface area contributed by atoms with Gasteiger partial charge in [-0.15, -0.1) is 0 Å². The van der Waals surface area contributed by atoms with Gasteiger partial charge in [-0.2, -0.15) is 5.26 Å². The lowest BCUT2D eigenvalue weighted by atomic mass is 10.1. The van der Waals surface area contributed by atoms with E-state index in [9.17, 15) is 10.1 Å². The molecule has 0 amide bonds. The molecule has 0 spiro atoms. The largest absolute Gasteiger partial charge is 0.326 e. The summed E-state index contributed by atoms with van der Waals surface area (Å²) in [5, 5.41) is 12.0. The van der Waals surface area contributed by atoms with Gasteiger partial charge in [0.2, 0.25) is 0 Å². The van der Waals surface area contributed by atoms with E-state index in [1.807, 2.05) is 24.3 Å². The molecule has 0 fully saturated rings. The fraction of sp³-hybridized carbons (Fsp3) is 0.0588. The molecule has 0 aliphatic heterocycles. The summed E-state index contributed by atoms with van der Waals surface area (Å²) in [4.78, 5) is 12.7. The second-order valence-corrected chi connectivity index (χ2v) is 4.67. The Morgan fingerprint density at radius 3 is 2.55 bits per heavy atom. The zero-order chi connectivity index (χ0) is 14.1. The monoisotopic (exact) mass is 260 g/mol. The summed E-state index contributed by atoms with van der Waals surface area (Å²) in [5.74, 6) is 0. The number of rotatable bonds is 1. The summed E-state index contributed by atoms with van der Waals surface area (Å²) in [6.07, 6.45) is 0. The zero-order valence-electron chi connectivity index (χ0n) is 10.8. The number of benzene rings is 2. The van der Waals surface area contributed by atoms with Gasteiger partial charge in [0.1, 0.15) is 0 Å². The lowest BCUT2D eigenvalue weighted by Gasteiger charge is -1.98. The van der Waals surface area contributed by atoms with Gasteiger partial charge < -0.3 is 5.73 Å². The van der Waals surface area contributed by atoms with Crippen LogP contribution in [0.3, 0.4) is 0 Å². The average molecular weight is 260 g/mol. The number of hydrogen-bond acceptors (Lipinski definition) is 3. The van der Waals surface area contributed by atoms with Gasteiger partial charge in [-0.1, -0.05) is 36.4 Å². The van der Waals surface area contributed by atoms with E-state index in [1.54, 1.807) is 24.3 Å². The molecule has 0 heterocycles. The normalized spacial score (nSPS) is 10.6. The van der Waals surface area contributed by atoms with E-state index in [1.165, 1.54) is 0 Å². The third-order valence-electron chi connectivity index (χ3n) is 3.48. The quantitative estimate of drug-likeness (QED) is 0.731. The van der Waals surface area contributed by atoms with E-state index in [4.69, 9.17) is 5.73 Å². The van der Waals surface area contributed by atoms with Crippen LogP contribution in [0.1, 0.15) is 11.1 Å². The van der Waals surface area contributed by atoms with Crippen LogP contribution in [0.2, 0.25) is 0 Å². The van der Waals surface area contributed by atoms with Gasteiger partial charge in [0.05, 0.1) is 11.6 Å². The molecule has 0 saturated heterocycles. The molecule has 0 atom stereocenters. The van der Waals surface area contributed by atoms with Gasteiger partial charge in [0.25, 0.3) is 0 Å². The molecule has 3 rings (SSSR count). The molecule has 0 aliphatic rings. The van der Waals surface area contributed by atoms with Gasteiger partial charge in [0.15, 0.2) is 5.43 Å². The first-order valence-corrected chi connectivity index (χ1v) is 6.33. The summed E-state index contributed by atoms with van der Waals surface area (Å²) < 4.78 is 0. The third-order valence-corrected chi connectivity index (χ3v) is 3.48. The van der Waals surface area contributed by atoms with Crippen molar-refractivity contribution in [2.24, 2.45) is 5.73 Å². The Balaban J connectivity index is 2.65. The molecule has 0 aliphatic carbocycles. The van der Waals surface area contributed by atoms with E-state index < -0.39 is 0 Å². The van der Waals surface area contributed by atoms with Crippen molar-refractivity contribution < 1.29 is 0 Å². The number of fused-ring (bicyclic) bond motifs is 2. The Bertz CT molecular complexity index is 923. The molecule has 3 heteroatoms. The number of nitriles is 1. The molecule has 0 unspecified atom stereocenters. The molecule has 96 valence electrons. The predicted octanol–water partition coefficient (Wildman–Crippen LogP) is 2.68. The topological polar surface area (TPSA) is 66.9 Å². The summed E-state index contributed by atoms with van der Waals surface area (Å²) in [7, 11) is 0. The van der Waals surface area contributed by atoms with E-state index in [0.29, 0.717) is 28.3 Å². The average Bonchev–Trinajstić information content (AvgIpc) is 2.62. The van der Waals surface area contributed by atoms with Gasteiger partial charge in [0, 0.05) is 22.7 Å². The van der Waals surface area contributed by atoms with Gasteiger partial charge >= 0.3 is 0 Å². The van der Waals surface area contributed by atoms with Crippen molar-refractivity contribution >= 4 is 21.5 Å². The molecule has 0 saturated carbocycles. The van der Waals surface area contributed by atoms with E-state index in [2.05, 4.69) is 6.07 Å². The maximum atomic E-state index is 12.7. The van der Waals surface area contributed by atoms with Crippen LogP contribution < -0.4 is 11.2 Å². The van der Waals surface area contributed by atoms with Crippen LogP contribution in [0, 0.1) is 11.3 Å². The Hall–Kier alpha value is -2.70. The van der Waals surface area contributed by atoms with Gasteiger partial charge in [-0.25, -0.2) is 0 Å². The van der Waals surface area contributed by atoms with Crippen molar-refractivity contribution in [2.75, 3.05) is 0 Å². The number of nitrogens with two attached hydrogens (primary N) is 1. The zero-order valence-corrected chi connectivity index (χ0v) is 10.8. The number of nitrogens with zero attached hydrogens (tertiary/aromatic N) is 1. The van der Waals surface area contributed by atoms with Crippen LogP contribution in [-0.2, 0) is 6.54 Å². The maximum absolute atomic E-state index is 12.7. The molecule has 3 nitrogen and oxygen atoms in total. The molecule has 2 N–H and O–H groups in total. The first kappa shape index (κ1) is 12.3. The lowest BCUT2D eigenvalue weighted by Crippen LogP contribution is -2.01. The highest BCUT2D eigenvalue weighted by atomic mass is 16.1. The Morgan fingerprint density at radius 1 is 1.00 bits per heavy atom. The molecule has 3 aromatic carbocycles. The van der Waals surface area contributed by atoms with Crippen LogP contribution in [0.25, 0.3) is 21.5 Å². The Labute approximate surface area is 115 Å². The van der Waals surface area contributed by atoms with E-state index in [-0.39, 0.29) is 5.43 Å². The molecule has 20 heavy (non-hydrogen) atoms. The summed E-state index contributed by atoms with van der Waals surface area (Å²) >= 11 is 0. The summed E-state index contributed by atoms with van der Waals surface area (Å²) in [5.41, 5.74) is 6.96.